The summed E-state index contributed by atoms with van der Waals surface area (Å²) in [6, 6.07) is -0.207. The lowest BCUT2D eigenvalue weighted by atomic mass is 10.0. The molecular weight excluding hydrogens is 226 g/mol. The van der Waals surface area contributed by atoms with Gasteiger partial charge in [0.05, 0.1) is 12.0 Å². The van der Waals surface area contributed by atoms with Gasteiger partial charge in [-0.05, 0) is 25.8 Å². The molecule has 0 aliphatic carbocycles. The first-order valence-corrected chi connectivity index (χ1v) is 5.68. The summed E-state index contributed by atoms with van der Waals surface area (Å²) in [6.07, 6.45) is 2.43. The van der Waals surface area contributed by atoms with Gasteiger partial charge in [0.15, 0.2) is 0 Å². The number of hydrogen-bond donors (Lipinski definition) is 2. The summed E-state index contributed by atoms with van der Waals surface area (Å²) in [5.41, 5.74) is 0. The normalized spacial score (nSPS) is 22.2. The van der Waals surface area contributed by atoms with Gasteiger partial charge in [-0.2, -0.15) is 0 Å². The van der Waals surface area contributed by atoms with Crippen molar-refractivity contribution in [1.82, 2.24) is 4.90 Å². The maximum atomic E-state index is 11.0. The lowest BCUT2D eigenvalue weighted by Crippen LogP contribution is -2.37. The molecule has 6 heteroatoms. The molecule has 6 nitrogen and oxygen atoms in total. The maximum Gasteiger partial charge on any atom is 0.307 e. The van der Waals surface area contributed by atoms with Gasteiger partial charge in [0.2, 0.25) is 0 Å². The number of carboxylic acid groups (broad SMARTS) is 2. The Hall–Kier alpha value is -1.43. The summed E-state index contributed by atoms with van der Waals surface area (Å²) in [5.74, 6) is -2.71. The van der Waals surface area contributed by atoms with E-state index in [0.29, 0.717) is 6.54 Å². The SMILES string of the molecule is O=C[C@@H]1CCCN1CC(CCC(=O)O)C(=O)O. The second-order valence-electron chi connectivity index (χ2n) is 4.31. The zero-order valence-corrected chi connectivity index (χ0v) is 9.54. The monoisotopic (exact) mass is 243 g/mol. The molecule has 17 heavy (non-hydrogen) atoms. The highest BCUT2D eigenvalue weighted by molar-refractivity contribution is 5.72. The third-order valence-corrected chi connectivity index (χ3v) is 3.08. The smallest absolute Gasteiger partial charge is 0.307 e. The summed E-state index contributed by atoms with van der Waals surface area (Å²) in [4.78, 5) is 34.0. The van der Waals surface area contributed by atoms with Crippen molar-refractivity contribution in [3.05, 3.63) is 0 Å². The number of likely N-dealkylation sites (tertiary alicyclic amines) is 1. The molecular formula is C11H17NO5. The second-order valence-corrected chi connectivity index (χ2v) is 4.31. The Kier molecular flexibility index (Phi) is 5.09. The average Bonchev–Trinajstić information content (AvgIpc) is 2.70. The molecule has 0 aromatic rings. The highest BCUT2D eigenvalue weighted by Gasteiger charge is 2.29. The fourth-order valence-corrected chi connectivity index (χ4v) is 2.11. The van der Waals surface area contributed by atoms with Crippen molar-refractivity contribution in [2.24, 2.45) is 5.92 Å². The second kappa shape index (κ2) is 6.34. The molecule has 0 aromatic heterocycles. The molecule has 0 radical (unpaired) electrons. The van der Waals surface area contributed by atoms with Gasteiger partial charge in [-0.25, -0.2) is 0 Å². The Morgan fingerprint density at radius 1 is 1.41 bits per heavy atom. The lowest BCUT2D eigenvalue weighted by Gasteiger charge is -2.23. The van der Waals surface area contributed by atoms with Gasteiger partial charge < -0.3 is 15.0 Å². The van der Waals surface area contributed by atoms with E-state index >= 15 is 0 Å². The number of nitrogens with zero attached hydrogens (tertiary/aromatic N) is 1. The molecule has 1 rings (SSSR count). The van der Waals surface area contributed by atoms with E-state index in [1.807, 2.05) is 4.90 Å². The molecule has 0 spiro atoms. The molecule has 0 aromatic carbocycles. The first-order valence-electron chi connectivity index (χ1n) is 5.68. The fourth-order valence-electron chi connectivity index (χ4n) is 2.11. The molecule has 2 atom stereocenters. The van der Waals surface area contributed by atoms with Crippen molar-refractivity contribution in [3.63, 3.8) is 0 Å². The van der Waals surface area contributed by atoms with E-state index in [2.05, 4.69) is 0 Å². The number of hydrogen-bond acceptors (Lipinski definition) is 4. The van der Waals surface area contributed by atoms with Crippen molar-refractivity contribution in [2.45, 2.75) is 31.7 Å². The minimum absolute atomic E-state index is 0.104. The van der Waals surface area contributed by atoms with Gasteiger partial charge in [-0.3, -0.25) is 14.5 Å². The minimum Gasteiger partial charge on any atom is -0.481 e. The molecule has 1 aliphatic heterocycles. The third kappa shape index (κ3) is 4.14. The van der Waals surface area contributed by atoms with Crippen molar-refractivity contribution >= 4 is 18.2 Å². The van der Waals surface area contributed by atoms with Crippen LogP contribution in [0, 0.1) is 5.92 Å². The van der Waals surface area contributed by atoms with Gasteiger partial charge in [0, 0.05) is 13.0 Å². The van der Waals surface area contributed by atoms with Crippen LogP contribution in [0.5, 0.6) is 0 Å². The summed E-state index contributed by atoms with van der Waals surface area (Å²) in [6.45, 7) is 0.965. The Labute approximate surface area is 99.2 Å². The van der Waals surface area contributed by atoms with Crippen LogP contribution in [0.4, 0.5) is 0 Å². The van der Waals surface area contributed by atoms with Crippen molar-refractivity contribution < 1.29 is 24.6 Å². The van der Waals surface area contributed by atoms with E-state index in [0.717, 1.165) is 19.1 Å². The molecule has 2 N–H and O–H groups in total. The summed E-state index contributed by atoms with van der Waals surface area (Å²) in [5, 5.41) is 17.5. The highest BCUT2D eigenvalue weighted by atomic mass is 16.4. The van der Waals surface area contributed by atoms with E-state index in [1.54, 1.807) is 0 Å². The fraction of sp³-hybridized carbons (Fsp3) is 0.727. The van der Waals surface area contributed by atoms with Gasteiger partial charge in [-0.1, -0.05) is 0 Å². The first kappa shape index (κ1) is 13.6. The predicted octanol–water partition coefficient (Wildman–Crippen LogP) is 0.215. The van der Waals surface area contributed by atoms with Crippen molar-refractivity contribution in [2.75, 3.05) is 13.1 Å². The molecule has 1 heterocycles. The standard InChI is InChI=1S/C11H17NO5/c13-7-9-2-1-5-12(9)6-8(11(16)17)3-4-10(14)15/h7-9H,1-6H2,(H,14,15)(H,16,17)/t8?,9-/m0/s1. The highest BCUT2D eigenvalue weighted by Crippen LogP contribution is 2.19. The summed E-state index contributed by atoms with van der Waals surface area (Å²) < 4.78 is 0. The topological polar surface area (TPSA) is 94.9 Å². The number of rotatable bonds is 7. The molecule has 1 unspecified atom stereocenters. The molecule has 1 aliphatic rings. The predicted molar refractivity (Wildman–Crippen MR) is 58.7 cm³/mol. The molecule has 0 saturated carbocycles. The van der Waals surface area contributed by atoms with Gasteiger partial charge in [0.1, 0.15) is 6.29 Å². The largest absolute Gasteiger partial charge is 0.481 e. The lowest BCUT2D eigenvalue weighted by molar-refractivity contribution is -0.144. The zero-order valence-electron chi connectivity index (χ0n) is 9.54. The van der Waals surface area contributed by atoms with E-state index < -0.39 is 17.9 Å². The molecule has 1 saturated heterocycles. The van der Waals surface area contributed by atoms with Crippen molar-refractivity contribution in [1.29, 1.82) is 0 Å². The molecule has 0 amide bonds. The van der Waals surface area contributed by atoms with Gasteiger partial charge in [-0.15, -0.1) is 0 Å². The Morgan fingerprint density at radius 3 is 2.65 bits per heavy atom. The minimum atomic E-state index is -0.997. The first-order chi connectivity index (χ1) is 8.04. The number of carbonyl (C=O) groups excluding carboxylic acids is 1. The van der Waals surface area contributed by atoms with Crippen LogP contribution >= 0.6 is 0 Å². The van der Waals surface area contributed by atoms with Crippen LogP contribution < -0.4 is 0 Å². The Bertz CT molecular complexity index is 304. The Balaban J connectivity index is 2.51. The average molecular weight is 243 g/mol. The number of aldehydes is 1. The third-order valence-electron chi connectivity index (χ3n) is 3.08. The van der Waals surface area contributed by atoms with Crippen LogP contribution in [0.15, 0.2) is 0 Å². The molecule has 96 valence electrons. The van der Waals surface area contributed by atoms with Crippen LogP contribution in [-0.4, -0.2) is 52.5 Å². The van der Waals surface area contributed by atoms with Crippen LogP contribution in [0.1, 0.15) is 25.7 Å². The number of carboxylic acids is 2. The van der Waals surface area contributed by atoms with Crippen LogP contribution in [0.3, 0.4) is 0 Å². The van der Waals surface area contributed by atoms with E-state index in [-0.39, 0.29) is 25.4 Å². The maximum absolute atomic E-state index is 11.0. The van der Waals surface area contributed by atoms with Crippen LogP contribution in [-0.2, 0) is 14.4 Å². The quantitative estimate of drug-likeness (QED) is 0.621. The van der Waals surface area contributed by atoms with Crippen LogP contribution in [0.25, 0.3) is 0 Å². The van der Waals surface area contributed by atoms with Crippen molar-refractivity contribution in [3.8, 4) is 0 Å². The molecule has 0 bridgehead atoms. The van der Waals surface area contributed by atoms with Crippen LogP contribution in [0.2, 0.25) is 0 Å². The van der Waals surface area contributed by atoms with Gasteiger partial charge >= 0.3 is 11.9 Å². The van der Waals surface area contributed by atoms with E-state index in [1.165, 1.54) is 0 Å². The number of carbonyl (C=O) groups is 3. The summed E-state index contributed by atoms with van der Waals surface area (Å²) in [7, 11) is 0. The molecule has 1 fully saturated rings. The zero-order chi connectivity index (χ0) is 12.8. The van der Waals surface area contributed by atoms with E-state index in [9.17, 15) is 14.4 Å². The Morgan fingerprint density at radius 2 is 2.12 bits per heavy atom. The number of aliphatic carboxylic acids is 2. The summed E-state index contributed by atoms with van der Waals surface area (Å²) >= 11 is 0. The van der Waals surface area contributed by atoms with Gasteiger partial charge in [0.25, 0.3) is 0 Å². The van der Waals surface area contributed by atoms with E-state index in [4.69, 9.17) is 10.2 Å².